The summed E-state index contributed by atoms with van der Waals surface area (Å²) in [6.07, 6.45) is 0. The number of aryl methyl sites for hydroxylation is 2. The Kier molecular flexibility index (Phi) is 4.15. The van der Waals surface area contributed by atoms with Crippen molar-refractivity contribution in [1.29, 1.82) is 0 Å². The van der Waals surface area contributed by atoms with Crippen molar-refractivity contribution in [1.82, 2.24) is 4.57 Å². The molecule has 1 aromatic heterocycles. The lowest BCUT2D eigenvalue weighted by molar-refractivity contribution is 0.660. The van der Waals surface area contributed by atoms with E-state index in [-0.39, 0.29) is 5.41 Å². The second-order valence-corrected chi connectivity index (χ2v) is 11.0. The van der Waals surface area contributed by atoms with Gasteiger partial charge in [0.1, 0.15) is 0 Å². The molecular formula is C33H26ClN. The molecule has 35 heavy (non-hydrogen) atoms. The summed E-state index contributed by atoms with van der Waals surface area (Å²) in [5.74, 6) is 0. The first-order chi connectivity index (χ1) is 16.8. The van der Waals surface area contributed by atoms with Gasteiger partial charge in [0.25, 0.3) is 0 Å². The van der Waals surface area contributed by atoms with Gasteiger partial charge in [-0.1, -0.05) is 79.5 Å². The quantitative estimate of drug-likeness (QED) is 0.225. The number of fused-ring (bicyclic) bond motifs is 7. The van der Waals surface area contributed by atoms with Crippen molar-refractivity contribution in [2.45, 2.75) is 33.1 Å². The zero-order valence-electron chi connectivity index (χ0n) is 20.4. The molecule has 0 bridgehead atoms. The van der Waals surface area contributed by atoms with Gasteiger partial charge in [-0.3, -0.25) is 0 Å². The molecule has 0 amide bonds. The second-order valence-electron chi connectivity index (χ2n) is 10.6. The Morgan fingerprint density at radius 2 is 1.43 bits per heavy atom. The van der Waals surface area contributed by atoms with Crippen LogP contribution in [-0.2, 0) is 5.41 Å². The van der Waals surface area contributed by atoms with E-state index in [1.807, 2.05) is 12.1 Å². The lowest BCUT2D eigenvalue weighted by atomic mass is 9.81. The highest BCUT2D eigenvalue weighted by Gasteiger charge is 2.35. The molecule has 0 fully saturated rings. The van der Waals surface area contributed by atoms with Gasteiger partial charge in [0.2, 0.25) is 0 Å². The lowest BCUT2D eigenvalue weighted by Gasteiger charge is -2.22. The van der Waals surface area contributed by atoms with Gasteiger partial charge in [0.05, 0.1) is 16.1 Å². The standard InChI is InChI=1S/C33H26ClN/c1-19-8-12-24-27-17-22-16-23(11-10-21(22)18-29(27)33(3,4)28(24)14-19)35-31-15-20(2)9-13-25(31)26-6-5-7-30(34)32(26)35/h5-18H,1-4H3. The molecule has 0 N–H and O–H groups in total. The summed E-state index contributed by atoms with van der Waals surface area (Å²) in [7, 11) is 0. The van der Waals surface area contributed by atoms with Crippen molar-refractivity contribution in [2.24, 2.45) is 0 Å². The van der Waals surface area contributed by atoms with Crippen molar-refractivity contribution >= 4 is 44.2 Å². The van der Waals surface area contributed by atoms with Gasteiger partial charge in [-0.05, 0) is 88.8 Å². The molecule has 1 heterocycles. The summed E-state index contributed by atoms with van der Waals surface area (Å²) in [6, 6.07) is 31.3. The molecule has 0 saturated heterocycles. The fourth-order valence-electron chi connectivity index (χ4n) is 6.12. The Morgan fingerprint density at radius 3 is 2.29 bits per heavy atom. The van der Waals surface area contributed by atoms with Gasteiger partial charge < -0.3 is 4.57 Å². The van der Waals surface area contributed by atoms with E-state index in [0.717, 1.165) is 16.2 Å². The highest BCUT2D eigenvalue weighted by molar-refractivity contribution is 6.36. The Morgan fingerprint density at radius 1 is 0.657 bits per heavy atom. The van der Waals surface area contributed by atoms with Crippen LogP contribution < -0.4 is 0 Å². The van der Waals surface area contributed by atoms with Crippen LogP contribution in [0.15, 0.2) is 84.9 Å². The molecule has 0 atom stereocenters. The molecule has 7 rings (SSSR count). The van der Waals surface area contributed by atoms with Crippen LogP contribution in [0.4, 0.5) is 0 Å². The van der Waals surface area contributed by atoms with E-state index in [4.69, 9.17) is 11.6 Å². The van der Waals surface area contributed by atoms with Crippen molar-refractivity contribution in [3.63, 3.8) is 0 Å². The number of aromatic nitrogens is 1. The second kappa shape index (κ2) is 6.99. The van der Waals surface area contributed by atoms with Gasteiger partial charge in [-0.2, -0.15) is 0 Å². The van der Waals surface area contributed by atoms with Crippen LogP contribution in [0.1, 0.15) is 36.1 Å². The summed E-state index contributed by atoms with van der Waals surface area (Å²) in [5.41, 5.74) is 11.5. The third kappa shape index (κ3) is 2.82. The molecule has 0 spiro atoms. The fraction of sp³-hybridized carbons (Fsp3) is 0.152. The number of benzene rings is 5. The van der Waals surface area contributed by atoms with Crippen LogP contribution in [0.3, 0.4) is 0 Å². The zero-order chi connectivity index (χ0) is 24.1. The Balaban J connectivity index is 1.53. The third-order valence-corrected chi connectivity index (χ3v) is 8.23. The minimum atomic E-state index is 0.00142. The largest absolute Gasteiger partial charge is 0.308 e. The highest BCUT2D eigenvalue weighted by atomic mass is 35.5. The number of para-hydroxylation sites is 1. The molecule has 170 valence electrons. The highest BCUT2D eigenvalue weighted by Crippen LogP contribution is 2.50. The minimum Gasteiger partial charge on any atom is -0.308 e. The van der Waals surface area contributed by atoms with Gasteiger partial charge in [0, 0.05) is 21.9 Å². The molecule has 5 aromatic carbocycles. The zero-order valence-corrected chi connectivity index (χ0v) is 21.2. The normalized spacial score (nSPS) is 14.1. The van der Waals surface area contributed by atoms with Crippen LogP contribution in [0.5, 0.6) is 0 Å². The van der Waals surface area contributed by atoms with E-state index >= 15 is 0 Å². The predicted octanol–water partition coefficient (Wildman–Crippen LogP) is 9.51. The number of rotatable bonds is 1. The molecule has 0 aliphatic heterocycles. The maximum atomic E-state index is 6.80. The number of nitrogens with zero attached hydrogens (tertiary/aromatic N) is 1. The maximum Gasteiger partial charge on any atom is 0.0727 e. The van der Waals surface area contributed by atoms with E-state index in [2.05, 4.69) is 105 Å². The van der Waals surface area contributed by atoms with E-state index in [1.54, 1.807) is 0 Å². The molecule has 0 saturated carbocycles. The molecule has 0 unspecified atom stereocenters. The first kappa shape index (κ1) is 20.8. The number of halogens is 1. The van der Waals surface area contributed by atoms with E-state index in [9.17, 15) is 0 Å². The summed E-state index contributed by atoms with van der Waals surface area (Å²) in [4.78, 5) is 0. The minimum absolute atomic E-state index is 0.00142. The summed E-state index contributed by atoms with van der Waals surface area (Å²) in [5, 5.41) is 5.71. The molecular weight excluding hydrogens is 446 g/mol. The van der Waals surface area contributed by atoms with Gasteiger partial charge in [0.15, 0.2) is 0 Å². The van der Waals surface area contributed by atoms with Crippen molar-refractivity contribution in [3.05, 3.63) is 112 Å². The third-order valence-electron chi connectivity index (χ3n) is 7.93. The average Bonchev–Trinajstić information content (AvgIpc) is 3.27. The van der Waals surface area contributed by atoms with Gasteiger partial charge >= 0.3 is 0 Å². The molecule has 1 aliphatic carbocycles. The first-order valence-corrected chi connectivity index (χ1v) is 12.6. The molecule has 0 radical (unpaired) electrons. The average molecular weight is 472 g/mol. The number of hydrogen-bond acceptors (Lipinski definition) is 0. The van der Waals surface area contributed by atoms with Crippen LogP contribution >= 0.6 is 11.6 Å². The lowest BCUT2D eigenvalue weighted by Crippen LogP contribution is -2.15. The molecule has 2 heteroatoms. The van der Waals surface area contributed by atoms with Crippen LogP contribution in [0.2, 0.25) is 5.02 Å². The predicted molar refractivity (Wildman–Crippen MR) is 150 cm³/mol. The van der Waals surface area contributed by atoms with Crippen LogP contribution in [-0.4, -0.2) is 4.57 Å². The van der Waals surface area contributed by atoms with Crippen molar-refractivity contribution in [3.8, 4) is 16.8 Å². The fourth-order valence-corrected chi connectivity index (χ4v) is 6.38. The Bertz CT molecular complexity index is 1850. The van der Waals surface area contributed by atoms with Gasteiger partial charge in [-0.15, -0.1) is 0 Å². The van der Waals surface area contributed by atoms with E-state index in [0.29, 0.717) is 0 Å². The molecule has 1 aliphatic rings. The van der Waals surface area contributed by atoms with E-state index < -0.39 is 0 Å². The van der Waals surface area contributed by atoms with Crippen molar-refractivity contribution < 1.29 is 0 Å². The van der Waals surface area contributed by atoms with Gasteiger partial charge in [-0.25, -0.2) is 0 Å². The topological polar surface area (TPSA) is 4.93 Å². The smallest absolute Gasteiger partial charge is 0.0727 e. The molecule has 6 aromatic rings. The van der Waals surface area contributed by atoms with Crippen LogP contribution in [0, 0.1) is 13.8 Å². The maximum absolute atomic E-state index is 6.80. The van der Waals surface area contributed by atoms with Crippen LogP contribution in [0.25, 0.3) is 49.4 Å². The summed E-state index contributed by atoms with van der Waals surface area (Å²) in [6.45, 7) is 9.02. The summed E-state index contributed by atoms with van der Waals surface area (Å²) < 4.78 is 2.33. The number of hydrogen-bond donors (Lipinski definition) is 0. The van der Waals surface area contributed by atoms with Crippen molar-refractivity contribution in [2.75, 3.05) is 0 Å². The summed E-state index contributed by atoms with van der Waals surface area (Å²) >= 11 is 6.80. The van der Waals surface area contributed by atoms with E-state index in [1.165, 1.54) is 60.4 Å². The SMILES string of the molecule is Cc1ccc2c(c1)C(C)(C)c1cc3ccc(-n4c5cc(C)ccc5c5cccc(Cl)c54)cc3cc1-2. The molecule has 1 nitrogen and oxygen atoms in total. The first-order valence-electron chi connectivity index (χ1n) is 12.2. The monoisotopic (exact) mass is 471 g/mol. The Hall–Kier alpha value is -3.55. The Labute approximate surface area is 210 Å².